The number of hydrazone groups is 1. The molecule has 4 rings (SSSR count). The van der Waals surface area contributed by atoms with Crippen LogP contribution in [0.25, 0.3) is 0 Å². The average Bonchev–Trinajstić information content (AvgIpc) is 3.00. The van der Waals surface area contributed by atoms with Gasteiger partial charge in [-0.2, -0.15) is 5.10 Å². The molecule has 1 aliphatic rings. The predicted octanol–water partition coefficient (Wildman–Crippen LogP) is 5.66. The fraction of sp³-hybridized carbons (Fsp3) is 0.226. The summed E-state index contributed by atoms with van der Waals surface area (Å²) in [4.78, 5) is 37.2. The van der Waals surface area contributed by atoms with E-state index in [2.05, 4.69) is 53.0 Å². The molecule has 0 aromatic heterocycles. The Morgan fingerprint density at radius 1 is 1.04 bits per heavy atom. The van der Waals surface area contributed by atoms with E-state index in [1.807, 2.05) is 0 Å². The Morgan fingerprint density at radius 3 is 2.42 bits per heavy atom. The van der Waals surface area contributed by atoms with Crippen LogP contribution >= 0.6 is 31.9 Å². The normalized spacial score (nSPS) is 14.4. The summed E-state index contributed by atoms with van der Waals surface area (Å²) in [6.45, 7) is 3.36. The zero-order valence-electron chi connectivity index (χ0n) is 24.4. The molecule has 0 saturated carbocycles. The fourth-order valence-corrected chi connectivity index (χ4v) is 5.74. The molecule has 1 heterocycles. The third kappa shape index (κ3) is 8.82. The van der Waals surface area contributed by atoms with Crippen molar-refractivity contribution >= 4 is 56.0 Å². The van der Waals surface area contributed by atoms with Crippen LogP contribution in [0.5, 0.6) is 17.2 Å². The molecule has 0 spiro atoms. The van der Waals surface area contributed by atoms with Gasteiger partial charge in [0.1, 0.15) is 18.2 Å². The van der Waals surface area contributed by atoms with Crippen LogP contribution in [0.1, 0.15) is 36.6 Å². The van der Waals surface area contributed by atoms with E-state index in [-0.39, 0.29) is 42.7 Å². The molecule has 11 nitrogen and oxygen atoms in total. The third-order valence-electron chi connectivity index (χ3n) is 6.36. The second kappa shape index (κ2) is 15.5. The first-order valence-corrected chi connectivity index (χ1v) is 15.1. The topological polar surface area (TPSA) is 137 Å². The van der Waals surface area contributed by atoms with Crippen LogP contribution in [0.4, 0.5) is 9.18 Å². The Labute approximate surface area is 275 Å². The van der Waals surface area contributed by atoms with Gasteiger partial charge in [-0.25, -0.2) is 19.4 Å². The first kappa shape index (κ1) is 33.5. The number of allylic oxidation sites excluding steroid dienone is 1. The van der Waals surface area contributed by atoms with E-state index in [1.165, 1.54) is 25.5 Å². The molecule has 0 saturated heterocycles. The number of amides is 3. The summed E-state index contributed by atoms with van der Waals surface area (Å²) >= 11 is 6.95. The largest absolute Gasteiger partial charge is 0.493 e. The van der Waals surface area contributed by atoms with Gasteiger partial charge in [0.25, 0.3) is 5.91 Å². The Bertz CT molecular complexity index is 1620. The first-order chi connectivity index (χ1) is 21.6. The third-order valence-corrected chi connectivity index (χ3v) is 7.54. The molecule has 14 heteroatoms. The van der Waals surface area contributed by atoms with Crippen molar-refractivity contribution in [1.82, 2.24) is 16.1 Å². The number of halogens is 3. The van der Waals surface area contributed by atoms with Crippen LogP contribution < -0.4 is 30.3 Å². The lowest BCUT2D eigenvalue weighted by Gasteiger charge is -2.28. The van der Waals surface area contributed by atoms with Gasteiger partial charge in [-0.1, -0.05) is 18.2 Å². The maximum Gasteiger partial charge on any atom is 0.338 e. The van der Waals surface area contributed by atoms with E-state index < -0.39 is 23.9 Å². The van der Waals surface area contributed by atoms with Gasteiger partial charge in [0, 0.05) is 5.70 Å². The Hall–Kier alpha value is -4.43. The summed E-state index contributed by atoms with van der Waals surface area (Å²) in [5, 5.41) is 9.30. The highest BCUT2D eigenvalue weighted by Gasteiger charge is 2.32. The second-order valence-electron chi connectivity index (χ2n) is 9.51. The van der Waals surface area contributed by atoms with Gasteiger partial charge in [0.05, 0.1) is 40.5 Å². The van der Waals surface area contributed by atoms with E-state index in [4.69, 9.17) is 18.9 Å². The fourth-order valence-electron chi connectivity index (χ4n) is 4.29. The quantitative estimate of drug-likeness (QED) is 0.124. The lowest BCUT2D eigenvalue weighted by atomic mass is 9.95. The summed E-state index contributed by atoms with van der Waals surface area (Å²) in [5.74, 6) is -0.294. The molecule has 0 bridgehead atoms. The number of benzene rings is 3. The minimum atomic E-state index is -0.783. The number of carbonyl (C=O) groups is 3. The first-order valence-electron chi connectivity index (χ1n) is 13.5. The number of esters is 1. The number of nitrogens with one attached hydrogen (secondary N) is 3. The van der Waals surface area contributed by atoms with Crippen molar-refractivity contribution in [2.24, 2.45) is 5.10 Å². The van der Waals surface area contributed by atoms with Crippen molar-refractivity contribution in [3.63, 3.8) is 0 Å². The minimum Gasteiger partial charge on any atom is -0.493 e. The maximum absolute atomic E-state index is 13.1. The van der Waals surface area contributed by atoms with Crippen LogP contribution in [0.2, 0.25) is 0 Å². The zero-order valence-corrected chi connectivity index (χ0v) is 27.6. The van der Waals surface area contributed by atoms with Crippen molar-refractivity contribution < 1.29 is 37.7 Å². The number of hydrogen-bond donors (Lipinski definition) is 3. The van der Waals surface area contributed by atoms with Crippen molar-refractivity contribution in [3.8, 4) is 17.2 Å². The Kier molecular flexibility index (Phi) is 11.5. The van der Waals surface area contributed by atoms with Crippen LogP contribution in [0, 0.1) is 5.82 Å². The molecule has 45 heavy (non-hydrogen) atoms. The molecule has 1 aliphatic heterocycles. The van der Waals surface area contributed by atoms with Gasteiger partial charge in [-0.05, 0) is 98.8 Å². The summed E-state index contributed by atoms with van der Waals surface area (Å²) in [7, 11) is 1.43. The van der Waals surface area contributed by atoms with Crippen LogP contribution in [0.15, 0.2) is 79.9 Å². The maximum atomic E-state index is 13.1. The van der Waals surface area contributed by atoms with E-state index in [0.717, 1.165) is 5.56 Å². The molecule has 0 fully saturated rings. The Morgan fingerprint density at radius 2 is 1.76 bits per heavy atom. The van der Waals surface area contributed by atoms with Crippen molar-refractivity contribution in [2.45, 2.75) is 26.5 Å². The number of hydrogen-bond acceptors (Lipinski definition) is 8. The molecule has 0 aliphatic carbocycles. The minimum absolute atomic E-state index is 0.175. The van der Waals surface area contributed by atoms with Gasteiger partial charge >= 0.3 is 12.0 Å². The standard InChI is InChI=1S/C31H29Br2FN4O7/c1-4-43-30(40)27-17(2)36-31(41)37-28(27)20-7-10-24(25(13-20)42-3)44-16-26(39)38-35-14-19-11-22(32)29(23(33)12-19)45-15-18-5-8-21(34)9-6-18/h5-14,28H,4,15-16H2,1-3H3,(H,38,39)(H2,36,37,41)/b35-14-/t28-/m0/s1. The lowest BCUT2D eigenvalue weighted by Crippen LogP contribution is -2.45. The lowest BCUT2D eigenvalue weighted by molar-refractivity contribution is -0.139. The summed E-state index contributed by atoms with van der Waals surface area (Å²) < 4.78 is 36.6. The number of nitrogens with zero attached hydrogens (tertiary/aromatic N) is 1. The molecular weight excluding hydrogens is 719 g/mol. The number of urea groups is 1. The van der Waals surface area contributed by atoms with Crippen LogP contribution in [-0.4, -0.2) is 44.4 Å². The molecule has 0 unspecified atom stereocenters. The molecule has 3 aromatic rings. The molecule has 3 N–H and O–H groups in total. The molecule has 3 amide bonds. The molecular formula is C31H29Br2FN4O7. The predicted molar refractivity (Wildman–Crippen MR) is 171 cm³/mol. The zero-order chi connectivity index (χ0) is 32.5. The van der Waals surface area contributed by atoms with Crippen molar-refractivity contribution in [2.75, 3.05) is 20.3 Å². The molecule has 236 valence electrons. The SMILES string of the molecule is CCOC(=O)C1=C(C)NC(=O)N[C@H]1c1ccc(OCC(=O)N/N=C\c2cc(Br)c(OCc3ccc(F)cc3)c(Br)c2)c(OC)c1. The van der Waals surface area contributed by atoms with Crippen LogP contribution in [0.3, 0.4) is 0 Å². The van der Waals surface area contributed by atoms with E-state index in [1.54, 1.807) is 56.3 Å². The average molecular weight is 748 g/mol. The highest BCUT2D eigenvalue weighted by Crippen LogP contribution is 2.36. The Balaban J connectivity index is 1.35. The van der Waals surface area contributed by atoms with E-state index in [9.17, 15) is 18.8 Å². The van der Waals surface area contributed by atoms with Gasteiger partial charge in [0.2, 0.25) is 0 Å². The van der Waals surface area contributed by atoms with Crippen molar-refractivity contribution in [3.05, 3.63) is 97.3 Å². The number of carbonyl (C=O) groups excluding carboxylic acids is 3. The van der Waals surface area contributed by atoms with Gasteiger partial charge in [0.15, 0.2) is 18.1 Å². The van der Waals surface area contributed by atoms with Gasteiger partial charge < -0.3 is 29.6 Å². The second-order valence-corrected chi connectivity index (χ2v) is 11.2. The summed E-state index contributed by atoms with van der Waals surface area (Å²) in [5.41, 5.74) is 5.07. The number of methoxy groups -OCH3 is 1. The van der Waals surface area contributed by atoms with Gasteiger partial charge in [-0.3, -0.25) is 4.79 Å². The monoisotopic (exact) mass is 746 g/mol. The molecule has 0 radical (unpaired) electrons. The molecule has 1 atom stereocenters. The highest BCUT2D eigenvalue weighted by atomic mass is 79.9. The summed E-state index contributed by atoms with van der Waals surface area (Å²) in [6.07, 6.45) is 1.45. The molecule has 3 aromatic carbocycles. The smallest absolute Gasteiger partial charge is 0.338 e. The highest BCUT2D eigenvalue weighted by molar-refractivity contribution is 9.11. The summed E-state index contributed by atoms with van der Waals surface area (Å²) in [6, 6.07) is 13.1. The van der Waals surface area contributed by atoms with Gasteiger partial charge in [-0.15, -0.1) is 0 Å². The number of rotatable bonds is 12. The number of ether oxygens (including phenoxy) is 4. The van der Waals surface area contributed by atoms with E-state index >= 15 is 0 Å². The van der Waals surface area contributed by atoms with Crippen molar-refractivity contribution in [1.29, 1.82) is 0 Å². The van der Waals surface area contributed by atoms with E-state index in [0.29, 0.717) is 31.5 Å². The van der Waals surface area contributed by atoms with Crippen LogP contribution in [-0.2, 0) is 20.9 Å².